The summed E-state index contributed by atoms with van der Waals surface area (Å²) in [6.07, 6.45) is 0.597. The summed E-state index contributed by atoms with van der Waals surface area (Å²) in [7, 11) is -2.22. The van der Waals surface area contributed by atoms with Gasteiger partial charge in [-0.2, -0.15) is 0 Å². The zero-order valence-electron chi connectivity index (χ0n) is 16.9. The first-order valence-corrected chi connectivity index (χ1v) is 11.3. The molecule has 3 rings (SSSR count). The number of nitrogens with one attached hydrogen (secondary N) is 1. The molecule has 1 aliphatic heterocycles. The molecule has 9 heteroatoms. The van der Waals surface area contributed by atoms with Gasteiger partial charge in [0.25, 0.3) is 5.91 Å². The molecule has 2 aromatic carbocycles. The van der Waals surface area contributed by atoms with Crippen LogP contribution < -0.4 is 14.4 Å². The van der Waals surface area contributed by atoms with E-state index in [4.69, 9.17) is 16.3 Å². The number of carbonyl (C=O) groups is 2. The van der Waals surface area contributed by atoms with E-state index in [0.717, 1.165) is 15.6 Å². The molecule has 1 aliphatic rings. The molecule has 2 aromatic rings. The van der Waals surface area contributed by atoms with Crippen LogP contribution in [0.2, 0.25) is 5.02 Å². The van der Waals surface area contributed by atoms with Crippen molar-refractivity contribution in [2.24, 2.45) is 5.41 Å². The van der Waals surface area contributed by atoms with E-state index in [-0.39, 0.29) is 22.0 Å². The highest BCUT2D eigenvalue weighted by Crippen LogP contribution is 2.36. The second-order valence-electron chi connectivity index (χ2n) is 7.73. The molecule has 0 aromatic heterocycles. The van der Waals surface area contributed by atoms with Crippen LogP contribution in [0.25, 0.3) is 0 Å². The van der Waals surface area contributed by atoms with Crippen LogP contribution in [0, 0.1) is 5.41 Å². The van der Waals surface area contributed by atoms with Gasteiger partial charge in [-0.15, -0.1) is 0 Å². The zero-order chi connectivity index (χ0) is 22.1. The highest BCUT2D eigenvalue weighted by molar-refractivity contribution is 7.94. The maximum absolute atomic E-state index is 12.6. The van der Waals surface area contributed by atoms with Gasteiger partial charge in [0.15, 0.2) is 0 Å². The number of hydrogen-bond acceptors (Lipinski definition) is 5. The first kappa shape index (κ1) is 22.1. The number of nitrogens with zero attached hydrogens (tertiary/aromatic N) is 1. The number of hydrogen-bond donors (Lipinski definition) is 1. The van der Waals surface area contributed by atoms with E-state index >= 15 is 0 Å². The molecule has 0 aliphatic carbocycles. The summed E-state index contributed by atoms with van der Waals surface area (Å²) in [4.78, 5) is 25.2. The standard InChI is InChI=1S/C21H23ClN2O5S/c1-21(2)13-30(27,28)24(20(21)26)15-6-9-18(22)17(12-15)19(25)23-11-10-14-4-7-16(29-3)8-5-14/h4-9,12H,10-11,13H2,1-3H3,(H,23,25). The lowest BCUT2D eigenvalue weighted by Crippen LogP contribution is -2.33. The number of anilines is 1. The van der Waals surface area contributed by atoms with Gasteiger partial charge in [0, 0.05) is 6.54 Å². The van der Waals surface area contributed by atoms with Crippen molar-refractivity contribution in [3.05, 3.63) is 58.6 Å². The summed E-state index contributed by atoms with van der Waals surface area (Å²) in [5, 5.41) is 2.95. The van der Waals surface area contributed by atoms with Crippen molar-refractivity contribution in [3.63, 3.8) is 0 Å². The molecule has 7 nitrogen and oxygen atoms in total. The maximum atomic E-state index is 12.6. The molecule has 1 heterocycles. The first-order valence-electron chi connectivity index (χ1n) is 9.33. The lowest BCUT2D eigenvalue weighted by atomic mass is 9.95. The Hall–Kier alpha value is -2.58. The van der Waals surface area contributed by atoms with E-state index in [1.165, 1.54) is 18.2 Å². The van der Waals surface area contributed by atoms with E-state index < -0.39 is 27.3 Å². The molecule has 0 spiro atoms. The number of sulfonamides is 1. The topological polar surface area (TPSA) is 92.8 Å². The van der Waals surface area contributed by atoms with Crippen molar-refractivity contribution in [2.45, 2.75) is 20.3 Å². The maximum Gasteiger partial charge on any atom is 0.252 e. The second-order valence-corrected chi connectivity index (χ2v) is 9.95. The number of halogens is 1. The summed E-state index contributed by atoms with van der Waals surface area (Å²) in [6.45, 7) is 3.52. The fourth-order valence-corrected chi connectivity index (χ4v) is 5.59. The van der Waals surface area contributed by atoms with E-state index in [0.29, 0.717) is 13.0 Å². The molecule has 2 amide bonds. The van der Waals surface area contributed by atoms with Crippen LogP contribution in [0.15, 0.2) is 42.5 Å². The van der Waals surface area contributed by atoms with Gasteiger partial charge < -0.3 is 10.1 Å². The van der Waals surface area contributed by atoms with Gasteiger partial charge in [0.05, 0.1) is 34.6 Å². The average Bonchev–Trinajstić information content (AvgIpc) is 2.85. The Kier molecular flexibility index (Phi) is 6.10. The van der Waals surface area contributed by atoms with Gasteiger partial charge in [0.1, 0.15) is 5.75 Å². The third-order valence-electron chi connectivity index (χ3n) is 4.87. The molecule has 0 saturated carbocycles. The van der Waals surface area contributed by atoms with Crippen molar-refractivity contribution in [1.82, 2.24) is 5.32 Å². The quantitative estimate of drug-likeness (QED) is 0.730. The van der Waals surface area contributed by atoms with Gasteiger partial charge in [-0.05, 0) is 56.2 Å². The predicted octanol–water partition coefficient (Wildman–Crippen LogP) is 3.02. The van der Waals surface area contributed by atoms with E-state index in [9.17, 15) is 18.0 Å². The molecular weight excluding hydrogens is 428 g/mol. The summed E-state index contributed by atoms with van der Waals surface area (Å²) in [6, 6.07) is 11.7. The molecule has 0 unspecified atom stereocenters. The lowest BCUT2D eigenvalue weighted by molar-refractivity contribution is -0.123. The Morgan fingerprint density at radius 1 is 1.20 bits per heavy atom. The van der Waals surface area contributed by atoms with E-state index in [2.05, 4.69) is 5.32 Å². The molecule has 0 atom stereocenters. The second kappa shape index (κ2) is 8.28. The smallest absolute Gasteiger partial charge is 0.252 e. The van der Waals surface area contributed by atoms with Crippen LogP contribution >= 0.6 is 11.6 Å². The molecule has 160 valence electrons. The Labute approximate surface area is 181 Å². The third-order valence-corrected chi connectivity index (χ3v) is 7.22. The Morgan fingerprint density at radius 3 is 2.43 bits per heavy atom. The molecule has 1 saturated heterocycles. The Morgan fingerprint density at radius 2 is 1.87 bits per heavy atom. The SMILES string of the molecule is COc1ccc(CCNC(=O)c2cc(N3C(=O)C(C)(C)CS3(=O)=O)ccc2Cl)cc1. The molecule has 1 fully saturated rings. The lowest BCUT2D eigenvalue weighted by Gasteiger charge is -2.18. The van der Waals surface area contributed by atoms with E-state index in [1.807, 2.05) is 24.3 Å². The number of rotatable bonds is 6. The van der Waals surface area contributed by atoms with Crippen LogP contribution in [0.3, 0.4) is 0 Å². The minimum absolute atomic E-state index is 0.107. The average molecular weight is 451 g/mol. The van der Waals surface area contributed by atoms with Crippen molar-refractivity contribution in [3.8, 4) is 5.75 Å². The fraction of sp³-hybridized carbons (Fsp3) is 0.333. The number of amides is 2. The van der Waals surface area contributed by atoms with Crippen molar-refractivity contribution >= 4 is 39.1 Å². The molecule has 1 N–H and O–H groups in total. The third kappa shape index (κ3) is 4.44. The monoisotopic (exact) mass is 450 g/mol. The number of benzene rings is 2. The normalized spacial score (nSPS) is 17.1. The van der Waals surface area contributed by atoms with Crippen LogP contribution in [0.4, 0.5) is 5.69 Å². The number of methoxy groups -OCH3 is 1. The van der Waals surface area contributed by atoms with Crippen LogP contribution in [0.1, 0.15) is 29.8 Å². The van der Waals surface area contributed by atoms with Gasteiger partial charge >= 0.3 is 0 Å². The van der Waals surface area contributed by atoms with Gasteiger partial charge in [0.2, 0.25) is 15.9 Å². The molecule has 0 bridgehead atoms. The summed E-state index contributed by atoms with van der Waals surface area (Å²) >= 11 is 6.16. The highest BCUT2D eigenvalue weighted by atomic mass is 35.5. The van der Waals surface area contributed by atoms with Crippen molar-refractivity contribution < 1.29 is 22.7 Å². The van der Waals surface area contributed by atoms with Gasteiger partial charge in [-0.3, -0.25) is 9.59 Å². The van der Waals surface area contributed by atoms with E-state index in [1.54, 1.807) is 21.0 Å². The fourth-order valence-electron chi connectivity index (χ4n) is 3.28. The molecule has 0 radical (unpaired) electrons. The van der Waals surface area contributed by atoms with Crippen LogP contribution in [0.5, 0.6) is 5.75 Å². The zero-order valence-corrected chi connectivity index (χ0v) is 18.5. The van der Waals surface area contributed by atoms with Gasteiger partial charge in [-0.1, -0.05) is 23.7 Å². The Balaban J connectivity index is 1.74. The largest absolute Gasteiger partial charge is 0.497 e. The van der Waals surface area contributed by atoms with Crippen molar-refractivity contribution in [1.29, 1.82) is 0 Å². The summed E-state index contributed by atoms with van der Waals surface area (Å²) < 4.78 is 30.9. The minimum Gasteiger partial charge on any atom is -0.497 e. The summed E-state index contributed by atoms with van der Waals surface area (Å²) in [5.74, 6) is -0.513. The first-order chi connectivity index (χ1) is 14.0. The Bertz CT molecular complexity index is 1080. The van der Waals surface area contributed by atoms with Gasteiger partial charge in [-0.25, -0.2) is 12.7 Å². The number of carbonyl (C=O) groups excluding carboxylic acids is 2. The number of ether oxygens (including phenoxy) is 1. The van der Waals surface area contributed by atoms with Crippen LogP contribution in [-0.2, 0) is 21.2 Å². The predicted molar refractivity (Wildman–Crippen MR) is 116 cm³/mol. The van der Waals surface area contributed by atoms with Crippen LogP contribution in [-0.4, -0.2) is 39.6 Å². The molecular formula is C21H23ClN2O5S. The molecule has 30 heavy (non-hydrogen) atoms. The highest BCUT2D eigenvalue weighted by Gasteiger charge is 2.50. The minimum atomic E-state index is -3.81. The summed E-state index contributed by atoms with van der Waals surface area (Å²) in [5.41, 5.74) is 0.207. The van der Waals surface area contributed by atoms with Crippen molar-refractivity contribution in [2.75, 3.05) is 23.7 Å².